The van der Waals surface area contributed by atoms with Crippen molar-refractivity contribution in [2.75, 3.05) is 21.3 Å². The smallest absolute Gasteiger partial charge is 0.306 e. The number of halogens is 1. The lowest BCUT2D eigenvalue weighted by Crippen LogP contribution is -2.36. The van der Waals surface area contributed by atoms with E-state index < -0.39 is 6.16 Å². The van der Waals surface area contributed by atoms with Crippen molar-refractivity contribution in [1.29, 1.82) is 0 Å². The molecule has 0 aliphatic carbocycles. The lowest BCUT2D eigenvalue weighted by atomic mass is 11.0. The molecule has 0 N–H and O–H groups in total. The molecular formula is C4H9ClO4. The molecule has 0 heterocycles. The maximum Gasteiger partial charge on any atom is 0.428 e. The van der Waals surface area contributed by atoms with E-state index in [1.54, 1.807) is 0 Å². The summed E-state index contributed by atoms with van der Waals surface area (Å²) in [5.74, 6) is 0. The van der Waals surface area contributed by atoms with Crippen LogP contribution in [0.4, 0.5) is 0 Å². The number of rotatable bonds is 4. The Labute approximate surface area is 58.8 Å². The molecule has 0 radical (unpaired) electrons. The van der Waals surface area contributed by atoms with Gasteiger partial charge in [-0.25, -0.2) is 0 Å². The predicted molar refractivity (Wildman–Crippen MR) is 30.7 cm³/mol. The summed E-state index contributed by atoms with van der Waals surface area (Å²) in [6, 6.07) is 0. The fourth-order valence-corrected chi connectivity index (χ4v) is 0.533. The van der Waals surface area contributed by atoms with E-state index in [2.05, 4.69) is 18.5 Å². The Hall–Kier alpha value is 0.130. The molecule has 0 spiro atoms. The summed E-state index contributed by atoms with van der Waals surface area (Å²) in [6.07, 6.45) is -1.57. The molecule has 0 unspecified atom stereocenters. The second kappa shape index (κ2) is 4.03. The van der Waals surface area contributed by atoms with Gasteiger partial charge in [0.15, 0.2) is 0 Å². The minimum Gasteiger partial charge on any atom is -0.306 e. The van der Waals surface area contributed by atoms with Gasteiger partial charge in [-0.1, -0.05) is 0 Å². The van der Waals surface area contributed by atoms with E-state index in [1.807, 2.05) is 0 Å². The first kappa shape index (κ1) is 9.13. The van der Waals surface area contributed by atoms with Crippen LogP contribution in [0.1, 0.15) is 0 Å². The molecule has 5 heteroatoms. The molecule has 0 aromatic carbocycles. The lowest BCUT2D eigenvalue weighted by Gasteiger charge is -2.22. The topological polar surface area (TPSA) is 36.9 Å². The van der Waals surface area contributed by atoms with Crippen LogP contribution in [0, 0.1) is 0 Å². The first-order chi connectivity index (χ1) is 4.24. The Morgan fingerprint density at radius 2 is 1.33 bits per heavy atom. The van der Waals surface area contributed by atoms with Crippen LogP contribution in [0.15, 0.2) is 0 Å². The Morgan fingerprint density at radius 3 is 1.33 bits per heavy atom. The van der Waals surface area contributed by atoms with Crippen molar-refractivity contribution in [3.8, 4) is 0 Å². The number of hydrogen-bond donors (Lipinski definition) is 0. The Morgan fingerprint density at radius 1 is 1.00 bits per heavy atom. The van der Waals surface area contributed by atoms with Crippen LogP contribution in [-0.2, 0) is 18.5 Å². The maximum atomic E-state index is 4.95. The van der Waals surface area contributed by atoms with Gasteiger partial charge in [-0.3, -0.25) is 0 Å². The molecule has 0 rings (SSSR count). The summed E-state index contributed by atoms with van der Waals surface area (Å²) in [5, 5.41) is 0. The van der Waals surface area contributed by atoms with Crippen molar-refractivity contribution in [2.24, 2.45) is 0 Å². The van der Waals surface area contributed by atoms with Crippen molar-refractivity contribution in [3.05, 3.63) is 0 Å². The predicted octanol–water partition coefficient (Wildman–Crippen LogP) is 0.707. The Balaban J connectivity index is 3.82. The van der Waals surface area contributed by atoms with Crippen LogP contribution >= 0.6 is 11.9 Å². The van der Waals surface area contributed by atoms with E-state index in [0.29, 0.717) is 0 Å². The summed E-state index contributed by atoms with van der Waals surface area (Å²) in [5.41, 5.74) is 0. The summed E-state index contributed by atoms with van der Waals surface area (Å²) in [6.45, 7) is 0. The third-order valence-electron chi connectivity index (χ3n) is 0.844. The average molecular weight is 157 g/mol. The first-order valence-corrected chi connectivity index (χ1v) is 2.50. The van der Waals surface area contributed by atoms with Gasteiger partial charge in [-0.2, -0.15) is 4.29 Å². The van der Waals surface area contributed by atoms with Crippen molar-refractivity contribution >= 4 is 11.9 Å². The highest BCUT2D eigenvalue weighted by atomic mass is 35.5. The highest BCUT2D eigenvalue weighted by Gasteiger charge is 2.31. The molecule has 0 bridgehead atoms. The van der Waals surface area contributed by atoms with Crippen molar-refractivity contribution in [2.45, 2.75) is 6.16 Å². The molecule has 0 aliphatic heterocycles. The van der Waals surface area contributed by atoms with Crippen LogP contribution in [0.5, 0.6) is 0 Å². The van der Waals surface area contributed by atoms with E-state index in [0.717, 1.165) is 0 Å². The number of ether oxygens (including phenoxy) is 3. The van der Waals surface area contributed by atoms with Crippen molar-refractivity contribution in [1.82, 2.24) is 0 Å². The molecule has 56 valence electrons. The zero-order valence-electron chi connectivity index (χ0n) is 5.51. The normalized spacial score (nSPS) is 12.0. The van der Waals surface area contributed by atoms with Gasteiger partial charge in [-0.05, 0) is 0 Å². The van der Waals surface area contributed by atoms with Crippen molar-refractivity contribution in [3.63, 3.8) is 0 Å². The second-order valence-electron chi connectivity index (χ2n) is 1.19. The third-order valence-corrected chi connectivity index (χ3v) is 1.03. The van der Waals surface area contributed by atoms with Gasteiger partial charge in [0.1, 0.15) is 0 Å². The van der Waals surface area contributed by atoms with Gasteiger partial charge in [0, 0.05) is 21.3 Å². The first-order valence-electron chi connectivity index (χ1n) is 2.20. The second-order valence-corrected chi connectivity index (χ2v) is 1.34. The molecule has 0 aliphatic rings. The molecule has 0 atom stereocenters. The molecule has 0 amide bonds. The van der Waals surface area contributed by atoms with Gasteiger partial charge in [0.05, 0.1) is 11.9 Å². The maximum absolute atomic E-state index is 4.95. The van der Waals surface area contributed by atoms with E-state index in [1.165, 1.54) is 21.3 Å². The summed E-state index contributed by atoms with van der Waals surface area (Å²) in [4.78, 5) is 0. The van der Waals surface area contributed by atoms with E-state index in [-0.39, 0.29) is 0 Å². The van der Waals surface area contributed by atoms with Gasteiger partial charge in [-0.15, -0.1) is 0 Å². The Bertz CT molecular complexity index is 55.5. The molecule has 0 saturated heterocycles. The van der Waals surface area contributed by atoms with Gasteiger partial charge >= 0.3 is 6.16 Å². The minimum absolute atomic E-state index is 1.34. The van der Waals surface area contributed by atoms with E-state index in [9.17, 15) is 0 Å². The molecule has 0 saturated carbocycles. The van der Waals surface area contributed by atoms with Crippen molar-refractivity contribution < 1.29 is 18.5 Å². The van der Waals surface area contributed by atoms with Crippen LogP contribution in [0.2, 0.25) is 0 Å². The number of hydrogen-bond acceptors (Lipinski definition) is 4. The van der Waals surface area contributed by atoms with Gasteiger partial charge in [0.2, 0.25) is 0 Å². The quantitative estimate of drug-likeness (QED) is 0.562. The third kappa shape index (κ3) is 2.08. The average Bonchev–Trinajstić information content (AvgIpc) is 1.95. The van der Waals surface area contributed by atoms with Crippen LogP contribution in [0.25, 0.3) is 0 Å². The van der Waals surface area contributed by atoms with Crippen LogP contribution in [-0.4, -0.2) is 27.5 Å². The van der Waals surface area contributed by atoms with Gasteiger partial charge < -0.3 is 14.2 Å². The van der Waals surface area contributed by atoms with Crippen LogP contribution < -0.4 is 0 Å². The summed E-state index contributed by atoms with van der Waals surface area (Å²) in [7, 11) is 4.03. The molecule has 0 fully saturated rings. The molecule has 0 aromatic heterocycles. The summed E-state index contributed by atoms with van der Waals surface area (Å²) >= 11 is 4.95. The fourth-order valence-electron chi connectivity index (χ4n) is 0.344. The zero-order chi connectivity index (χ0) is 7.33. The largest absolute Gasteiger partial charge is 0.428 e. The monoisotopic (exact) mass is 156 g/mol. The molecule has 0 aromatic rings. The molecule has 4 nitrogen and oxygen atoms in total. The van der Waals surface area contributed by atoms with Gasteiger partial charge in [0.25, 0.3) is 0 Å². The number of methoxy groups -OCH3 is 3. The standard InChI is InChI=1S/C4H9ClO4/c1-6-4(7-2,8-3)9-5/h1-3H3. The lowest BCUT2D eigenvalue weighted by molar-refractivity contribution is -0.448. The molecule has 9 heavy (non-hydrogen) atoms. The zero-order valence-corrected chi connectivity index (χ0v) is 6.27. The highest BCUT2D eigenvalue weighted by molar-refractivity contribution is 6.07. The molecular weight excluding hydrogens is 147 g/mol. The fraction of sp³-hybridized carbons (Fsp3) is 1.00. The SMILES string of the molecule is COC(OC)(OC)OCl. The Kier molecular flexibility index (Phi) is 4.09. The van der Waals surface area contributed by atoms with E-state index >= 15 is 0 Å². The highest BCUT2D eigenvalue weighted by Crippen LogP contribution is 2.14. The minimum atomic E-state index is -1.57. The summed E-state index contributed by atoms with van der Waals surface area (Å²) < 4.78 is 18.0. The van der Waals surface area contributed by atoms with Crippen LogP contribution in [0.3, 0.4) is 0 Å². The van der Waals surface area contributed by atoms with E-state index in [4.69, 9.17) is 11.9 Å².